The van der Waals surface area contributed by atoms with Gasteiger partial charge in [0.2, 0.25) is 5.43 Å². The Hall–Kier alpha value is -1.48. The van der Waals surface area contributed by atoms with Gasteiger partial charge in [0, 0.05) is 5.75 Å². The van der Waals surface area contributed by atoms with Gasteiger partial charge in [0.1, 0.15) is 11.3 Å². The number of hydrogen-bond donors (Lipinski definition) is 0. The highest BCUT2D eigenvalue weighted by molar-refractivity contribution is 7.99. The van der Waals surface area contributed by atoms with Crippen LogP contribution in [0.1, 0.15) is 5.76 Å². The van der Waals surface area contributed by atoms with Gasteiger partial charge < -0.3 is 4.42 Å². The van der Waals surface area contributed by atoms with Crippen LogP contribution in [0.3, 0.4) is 0 Å². The molecule has 3 heteroatoms. The van der Waals surface area contributed by atoms with Crippen molar-refractivity contribution in [3.63, 3.8) is 0 Å². The molecule has 15 heavy (non-hydrogen) atoms. The predicted octanol–water partition coefficient (Wildman–Crippen LogP) is 2.91. The van der Waals surface area contributed by atoms with Crippen molar-refractivity contribution in [3.8, 4) is 0 Å². The fraction of sp³-hybridized carbons (Fsp3) is 0.0833. The monoisotopic (exact) mass is 216 g/mol. The number of rotatable bonds is 0. The van der Waals surface area contributed by atoms with Crippen molar-refractivity contribution in [2.45, 2.75) is 4.90 Å². The zero-order valence-corrected chi connectivity index (χ0v) is 8.71. The topological polar surface area (TPSA) is 30.2 Å². The van der Waals surface area contributed by atoms with E-state index in [1.807, 2.05) is 30.4 Å². The summed E-state index contributed by atoms with van der Waals surface area (Å²) in [4.78, 5) is 12.8. The van der Waals surface area contributed by atoms with Crippen LogP contribution in [0.5, 0.6) is 0 Å². The van der Waals surface area contributed by atoms with E-state index in [4.69, 9.17) is 4.42 Å². The Balaban J connectivity index is 2.48. The van der Waals surface area contributed by atoms with Crippen LogP contribution in [-0.4, -0.2) is 5.75 Å². The van der Waals surface area contributed by atoms with Crippen LogP contribution in [-0.2, 0) is 0 Å². The van der Waals surface area contributed by atoms with Gasteiger partial charge in [0.05, 0.1) is 10.3 Å². The number of hydrogen-bond acceptors (Lipinski definition) is 3. The first-order valence-electron chi connectivity index (χ1n) is 4.71. The Morgan fingerprint density at radius 3 is 3.07 bits per heavy atom. The molecule has 0 bridgehead atoms. The van der Waals surface area contributed by atoms with Crippen LogP contribution < -0.4 is 5.43 Å². The molecule has 0 unspecified atom stereocenters. The predicted molar refractivity (Wildman–Crippen MR) is 62.2 cm³/mol. The van der Waals surface area contributed by atoms with E-state index in [9.17, 15) is 4.79 Å². The second-order valence-electron chi connectivity index (χ2n) is 3.33. The van der Waals surface area contributed by atoms with Gasteiger partial charge in [-0.05, 0) is 18.2 Å². The lowest BCUT2D eigenvalue weighted by atomic mass is 10.2. The minimum absolute atomic E-state index is 0.0844. The van der Waals surface area contributed by atoms with Crippen molar-refractivity contribution < 1.29 is 4.42 Å². The fourth-order valence-electron chi connectivity index (χ4n) is 1.68. The molecule has 0 N–H and O–H groups in total. The second kappa shape index (κ2) is 3.28. The minimum atomic E-state index is 0.0844. The summed E-state index contributed by atoms with van der Waals surface area (Å²) in [5, 5.41) is 0.666. The molecular weight excluding hydrogens is 208 g/mol. The van der Waals surface area contributed by atoms with Crippen molar-refractivity contribution in [1.29, 1.82) is 0 Å². The maximum absolute atomic E-state index is 12.1. The van der Waals surface area contributed by atoms with Gasteiger partial charge in [-0.25, -0.2) is 0 Å². The quantitative estimate of drug-likeness (QED) is 0.678. The van der Waals surface area contributed by atoms with Gasteiger partial charge in [-0.2, -0.15) is 0 Å². The second-order valence-corrected chi connectivity index (χ2v) is 4.36. The van der Waals surface area contributed by atoms with Crippen LogP contribution in [0.25, 0.3) is 17.0 Å². The lowest BCUT2D eigenvalue weighted by molar-refractivity contribution is 0.574. The summed E-state index contributed by atoms with van der Waals surface area (Å²) in [5.74, 6) is 1.53. The number of fused-ring (bicyclic) bond motifs is 2. The summed E-state index contributed by atoms with van der Waals surface area (Å²) in [6.07, 6.45) is 3.88. The van der Waals surface area contributed by atoms with Gasteiger partial charge >= 0.3 is 0 Å². The molecule has 2 nitrogen and oxygen atoms in total. The maximum Gasteiger partial charge on any atom is 0.206 e. The van der Waals surface area contributed by atoms with Crippen LogP contribution in [0.4, 0.5) is 0 Å². The number of thioether (sulfide) groups is 1. The van der Waals surface area contributed by atoms with Crippen molar-refractivity contribution in [2.75, 3.05) is 5.75 Å². The summed E-state index contributed by atoms with van der Waals surface area (Å²) < 4.78 is 5.66. The van der Waals surface area contributed by atoms with E-state index in [1.54, 1.807) is 6.07 Å². The van der Waals surface area contributed by atoms with Gasteiger partial charge in [-0.15, -0.1) is 11.8 Å². The van der Waals surface area contributed by atoms with Crippen molar-refractivity contribution >= 4 is 28.8 Å². The smallest absolute Gasteiger partial charge is 0.206 e. The molecule has 1 aromatic heterocycles. The average molecular weight is 216 g/mol. The Morgan fingerprint density at radius 2 is 2.13 bits per heavy atom. The van der Waals surface area contributed by atoms with Crippen molar-refractivity contribution in [3.05, 3.63) is 46.3 Å². The Bertz CT molecular complexity index is 611. The van der Waals surface area contributed by atoms with Gasteiger partial charge in [-0.1, -0.05) is 18.2 Å². The first-order chi connectivity index (χ1) is 7.36. The summed E-state index contributed by atoms with van der Waals surface area (Å²) in [7, 11) is 0. The first kappa shape index (κ1) is 8.80. The largest absolute Gasteiger partial charge is 0.455 e. The zero-order valence-electron chi connectivity index (χ0n) is 7.90. The van der Waals surface area contributed by atoms with Crippen molar-refractivity contribution in [2.24, 2.45) is 0 Å². The molecule has 0 saturated carbocycles. The van der Waals surface area contributed by atoms with Gasteiger partial charge in [0.25, 0.3) is 0 Å². The molecule has 1 aliphatic heterocycles. The third kappa shape index (κ3) is 1.31. The normalized spacial score (nSPS) is 14.1. The average Bonchev–Trinajstić information content (AvgIpc) is 2.30. The van der Waals surface area contributed by atoms with Crippen LogP contribution in [0.15, 0.2) is 44.4 Å². The fourth-order valence-corrected chi connectivity index (χ4v) is 2.53. The first-order valence-corrected chi connectivity index (χ1v) is 5.70. The molecule has 1 aliphatic rings. The molecular formula is C12H8O2S. The van der Waals surface area contributed by atoms with E-state index < -0.39 is 0 Å². The van der Waals surface area contributed by atoms with E-state index in [-0.39, 0.29) is 5.43 Å². The molecule has 0 radical (unpaired) electrons. The number of para-hydroxylation sites is 1. The highest BCUT2D eigenvalue weighted by Gasteiger charge is 2.14. The molecule has 74 valence electrons. The van der Waals surface area contributed by atoms with E-state index in [0.717, 1.165) is 10.6 Å². The number of benzene rings is 1. The highest BCUT2D eigenvalue weighted by Crippen LogP contribution is 2.28. The molecule has 1 aromatic carbocycles. The molecule has 2 aromatic rings. The van der Waals surface area contributed by atoms with E-state index in [2.05, 4.69) is 0 Å². The molecule has 0 fully saturated rings. The van der Waals surface area contributed by atoms with E-state index in [0.29, 0.717) is 16.7 Å². The highest BCUT2D eigenvalue weighted by atomic mass is 32.2. The summed E-state index contributed by atoms with van der Waals surface area (Å²) in [6.45, 7) is 0. The zero-order chi connectivity index (χ0) is 10.3. The lowest BCUT2D eigenvalue weighted by Crippen LogP contribution is -2.08. The molecule has 0 atom stereocenters. The third-order valence-electron chi connectivity index (χ3n) is 2.37. The maximum atomic E-state index is 12.1. The van der Waals surface area contributed by atoms with Crippen LogP contribution >= 0.6 is 11.8 Å². The van der Waals surface area contributed by atoms with Crippen LogP contribution in [0.2, 0.25) is 0 Å². The van der Waals surface area contributed by atoms with Crippen LogP contribution in [0, 0.1) is 0 Å². The van der Waals surface area contributed by atoms with Gasteiger partial charge in [-0.3, -0.25) is 4.79 Å². The molecule has 3 rings (SSSR count). The molecule has 2 heterocycles. The summed E-state index contributed by atoms with van der Waals surface area (Å²) in [6, 6.07) is 7.36. The SMILES string of the molecule is O=c1c2c(oc3ccccc13)C=CCS2. The lowest BCUT2D eigenvalue weighted by Gasteiger charge is -2.08. The molecule has 0 saturated heterocycles. The van der Waals surface area contributed by atoms with E-state index in [1.165, 1.54) is 11.8 Å². The van der Waals surface area contributed by atoms with Crippen molar-refractivity contribution in [1.82, 2.24) is 0 Å². The third-order valence-corrected chi connectivity index (χ3v) is 3.41. The molecule has 0 aliphatic carbocycles. The summed E-state index contributed by atoms with van der Waals surface area (Å²) in [5.41, 5.74) is 0.745. The van der Waals surface area contributed by atoms with Gasteiger partial charge in [0.15, 0.2) is 0 Å². The Morgan fingerprint density at radius 1 is 1.27 bits per heavy atom. The standard InChI is InChI=1S/C12H8O2S/c13-11-8-4-1-2-5-9(8)14-10-6-3-7-15-12(10)11/h1-6H,7H2. The molecule has 0 spiro atoms. The Labute approximate surface area is 90.6 Å². The Kier molecular flexibility index (Phi) is 1.92. The minimum Gasteiger partial charge on any atom is -0.455 e. The van der Waals surface area contributed by atoms with E-state index >= 15 is 0 Å². The summed E-state index contributed by atoms with van der Waals surface area (Å²) >= 11 is 1.54. The molecule has 0 amide bonds.